The number of aryl methyl sites for hydroxylation is 1. The van der Waals surface area contributed by atoms with Crippen molar-refractivity contribution in [2.45, 2.75) is 12.8 Å². The first kappa shape index (κ1) is 20.5. The van der Waals surface area contributed by atoms with E-state index < -0.39 is 17.7 Å². The Bertz CT molecular complexity index is 1150. The first-order chi connectivity index (χ1) is 13.8. The second-order valence-corrected chi connectivity index (χ2v) is 6.86. The lowest BCUT2D eigenvalue weighted by Gasteiger charge is -2.15. The van der Waals surface area contributed by atoms with Gasteiger partial charge < -0.3 is 9.84 Å². The predicted molar refractivity (Wildman–Crippen MR) is 104 cm³/mol. The van der Waals surface area contributed by atoms with Crippen LogP contribution in [-0.2, 0) is 4.79 Å². The third-order valence-electron chi connectivity index (χ3n) is 4.00. The summed E-state index contributed by atoms with van der Waals surface area (Å²) < 4.78 is 19.3. The largest absolute Gasteiger partial charge is 0.480 e. The molecule has 0 saturated heterocycles. The van der Waals surface area contributed by atoms with E-state index in [1.165, 1.54) is 30.3 Å². The Hall–Kier alpha value is -3.21. The van der Waals surface area contributed by atoms with Gasteiger partial charge >= 0.3 is 5.97 Å². The molecule has 1 unspecified atom stereocenters. The molecule has 6 nitrogen and oxygen atoms in total. The number of hydrogen-bond acceptors (Lipinski definition) is 5. The van der Waals surface area contributed by atoms with Crippen LogP contribution in [0.4, 0.5) is 4.39 Å². The third-order valence-corrected chi connectivity index (χ3v) is 4.69. The Balaban J connectivity index is 2.02. The fraction of sp³-hybridized carbons (Fsp3) is 0.100. The van der Waals surface area contributed by atoms with Gasteiger partial charge in [-0.25, -0.2) is 4.39 Å². The van der Waals surface area contributed by atoms with E-state index in [2.05, 4.69) is 10.2 Å². The number of nitriles is 1. The number of carboxylic acids is 1. The number of aromatic nitrogens is 2. The third kappa shape index (κ3) is 4.62. The zero-order valence-electron chi connectivity index (χ0n) is 14.9. The molecule has 0 radical (unpaired) electrons. The average Bonchev–Trinajstić information content (AvgIpc) is 2.66. The summed E-state index contributed by atoms with van der Waals surface area (Å²) in [6, 6.07) is 11.3. The van der Waals surface area contributed by atoms with Gasteiger partial charge in [-0.2, -0.15) is 10.4 Å². The summed E-state index contributed by atoms with van der Waals surface area (Å²) in [5.41, 5.74) is 1.16. The molecule has 1 aromatic heterocycles. The van der Waals surface area contributed by atoms with Crippen LogP contribution >= 0.6 is 23.2 Å². The predicted octanol–water partition coefficient (Wildman–Crippen LogP) is 5.11. The van der Waals surface area contributed by atoms with Gasteiger partial charge in [-0.3, -0.25) is 4.79 Å². The van der Waals surface area contributed by atoms with Crippen molar-refractivity contribution in [2.75, 3.05) is 0 Å². The zero-order chi connectivity index (χ0) is 21.1. The molecule has 29 heavy (non-hydrogen) atoms. The Morgan fingerprint density at radius 3 is 2.62 bits per heavy atom. The van der Waals surface area contributed by atoms with Gasteiger partial charge in [0, 0.05) is 6.07 Å². The van der Waals surface area contributed by atoms with Crippen LogP contribution < -0.4 is 4.74 Å². The number of hydrogen-bond donors (Lipinski definition) is 1. The Kier molecular flexibility index (Phi) is 5.97. The van der Waals surface area contributed by atoms with Crippen molar-refractivity contribution >= 4 is 29.2 Å². The standard InChI is InChI=1S/C20H12Cl2FN3O3/c1-10-4-16(25-26-19(10)22)18(20(27)28)12-2-3-15(21)17(7-12)29-14-6-11(9-24)5-13(23)8-14/h2-8,18H,1H3,(H,27,28). The molecule has 146 valence electrons. The van der Waals surface area contributed by atoms with Gasteiger partial charge in [0.05, 0.1) is 22.3 Å². The van der Waals surface area contributed by atoms with Crippen molar-refractivity contribution in [3.8, 4) is 17.6 Å². The molecule has 9 heteroatoms. The van der Waals surface area contributed by atoms with Crippen LogP contribution in [0.15, 0.2) is 42.5 Å². The van der Waals surface area contributed by atoms with Crippen LogP contribution in [0, 0.1) is 24.1 Å². The summed E-state index contributed by atoms with van der Waals surface area (Å²) >= 11 is 12.0. The van der Waals surface area contributed by atoms with Gasteiger partial charge in [-0.1, -0.05) is 29.3 Å². The highest BCUT2D eigenvalue weighted by Crippen LogP contribution is 2.35. The molecular weight excluding hydrogens is 420 g/mol. The summed E-state index contributed by atoms with van der Waals surface area (Å²) in [6.07, 6.45) is 0. The zero-order valence-corrected chi connectivity index (χ0v) is 16.4. The SMILES string of the molecule is Cc1cc(C(C(=O)O)c2ccc(Cl)c(Oc3cc(F)cc(C#N)c3)c2)nnc1Cl. The van der Waals surface area contributed by atoms with Crippen LogP contribution in [0.1, 0.15) is 28.3 Å². The summed E-state index contributed by atoms with van der Waals surface area (Å²) in [6.45, 7) is 1.69. The minimum atomic E-state index is -1.16. The molecule has 0 saturated carbocycles. The molecule has 0 aliphatic heterocycles. The molecule has 0 bridgehead atoms. The Morgan fingerprint density at radius 2 is 1.97 bits per heavy atom. The maximum Gasteiger partial charge on any atom is 0.317 e. The summed E-state index contributed by atoms with van der Waals surface area (Å²) in [4.78, 5) is 11.9. The van der Waals surface area contributed by atoms with E-state index in [1.807, 2.05) is 6.07 Å². The minimum Gasteiger partial charge on any atom is -0.480 e. The first-order valence-electron chi connectivity index (χ1n) is 8.19. The van der Waals surface area contributed by atoms with Crippen LogP contribution in [0.2, 0.25) is 10.2 Å². The van der Waals surface area contributed by atoms with Crippen molar-refractivity contribution in [1.29, 1.82) is 5.26 Å². The van der Waals surface area contributed by atoms with Crippen molar-refractivity contribution in [2.24, 2.45) is 0 Å². The number of carboxylic acid groups (broad SMARTS) is 1. The molecule has 0 spiro atoms. The van der Waals surface area contributed by atoms with Gasteiger partial charge in [-0.05, 0) is 48.4 Å². The molecule has 0 aliphatic rings. The average molecular weight is 432 g/mol. The lowest BCUT2D eigenvalue weighted by molar-refractivity contribution is -0.137. The van der Waals surface area contributed by atoms with Gasteiger partial charge in [0.25, 0.3) is 0 Å². The van der Waals surface area contributed by atoms with Gasteiger partial charge in [0.15, 0.2) is 5.15 Å². The summed E-state index contributed by atoms with van der Waals surface area (Å²) in [7, 11) is 0. The lowest BCUT2D eigenvalue weighted by atomic mass is 9.95. The first-order valence-corrected chi connectivity index (χ1v) is 8.94. The van der Waals surface area contributed by atoms with E-state index in [-0.39, 0.29) is 32.9 Å². The fourth-order valence-electron chi connectivity index (χ4n) is 2.66. The highest BCUT2D eigenvalue weighted by Gasteiger charge is 2.26. The molecule has 0 fully saturated rings. The maximum absolute atomic E-state index is 13.7. The van der Waals surface area contributed by atoms with Crippen LogP contribution in [-0.4, -0.2) is 21.3 Å². The van der Waals surface area contributed by atoms with E-state index in [0.29, 0.717) is 11.1 Å². The van der Waals surface area contributed by atoms with Crippen LogP contribution in [0.5, 0.6) is 11.5 Å². The normalized spacial score (nSPS) is 11.6. The molecule has 0 aliphatic carbocycles. The summed E-state index contributed by atoms with van der Waals surface area (Å²) in [5, 5.41) is 26.7. The van der Waals surface area contributed by atoms with Gasteiger partial charge in [0.2, 0.25) is 0 Å². The van der Waals surface area contributed by atoms with Gasteiger partial charge in [0.1, 0.15) is 23.2 Å². The second-order valence-electron chi connectivity index (χ2n) is 6.09. The lowest BCUT2D eigenvalue weighted by Crippen LogP contribution is -2.15. The maximum atomic E-state index is 13.7. The number of rotatable bonds is 5. The van der Waals surface area contributed by atoms with Crippen molar-refractivity contribution in [3.63, 3.8) is 0 Å². The van der Waals surface area contributed by atoms with Crippen molar-refractivity contribution in [1.82, 2.24) is 10.2 Å². The molecule has 0 amide bonds. The van der Waals surface area contributed by atoms with Crippen LogP contribution in [0.3, 0.4) is 0 Å². The Morgan fingerprint density at radius 1 is 1.21 bits per heavy atom. The van der Waals surface area contributed by atoms with E-state index in [9.17, 15) is 14.3 Å². The fourth-order valence-corrected chi connectivity index (χ4v) is 2.91. The second kappa shape index (κ2) is 8.43. The number of aliphatic carboxylic acids is 1. The molecule has 1 N–H and O–H groups in total. The molecular formula is C20H12Cl2FN3O3. The number of benzene rings is 2. The van der Waals surface area contributed by atoms with E-state index in [1.54, 1.807) is 6.92 Å². The van der Waals surface area contributed by atoms with E-state index in [4.69, 9.17) is 33.2 Å². The number of nitrogens with zero attached hydrogens (tertiary/aromatic N) is 3. The van der Waals surface area contributed by atoms with E-state index in [0.717, 1.165) is 12.1 Å². The molecule has 1 atom stereocenters. The molecule has 3 aromatic rings. The van der Waals surface area contributed by atoms with E-state index >= 15 is 0 Å². The number of halogens is 3. The van der Waals surface area contributed by atoms with Crippen molar-refractivity contribution in [3.05, 3.63) is 80.8 Å². The smallest absolute Gasteiger partial charge is 0.317 e. The molecule has 3 rings (SSSR count). The molecule has 1 heterocycles. The quantitative estimate of drug-likeness (QED) is 0.602. The minimum absolute atomic E-state index is 0.0506. The Labute approximate surface area is 175 Å². The highest BCUT2D eigenvalue weighted by atomic mass is 35.5. The van der Waals surface area contributed by atoms with Crippen LogP contribution in [0.25, 0.3) is 0 Å². The monoisotopic (exact) mass is 431 g/mol. The summed E-state index contributed by atoms with van der Waals surface area (Å²) in [5.74, 6) is -2.81. The number of carbonyl (C=O) groups is 1. The molecule has 2 aromatic carbocycles. The number of ether oxygens (including phenoxy) is 1. The van der Waals surface area contributed by atoms with Gasteiger partial charge in [-0.15, -0.1) is 5.10 Å². The highest BCUT2D eigenvalue weighted by molar-refractivity contribution is 6.32. The topological polar surface area (TPSA) is 96.1 Å². The van der Waals surface area contributed by atoms with Crippen molar-refractivity contribution < 1.29 is 19.0 Å².